The Morgan fingerprint density at radius 2 is 1.95 bits per heavy atom. The van der Waals surface area contributed by atoms with Crippen molar-refractivity contribution in [2.45, 2.75) is 50.6 Å². The van der Waals surface area contributed by atoms with Gasteiger partial charge in [0, 0.05) is 12.1 Å². The van der Waals surface area contributed by atoms with Gasteiger partial charge in [-0.1, -0.05) is 19.8 Å². The maximum absolute atomic E-state index is 11.9. The second-order valence-electron chi connectivity index (χ2n) is 6.32. The van der Waals surface area contributed by atoms with Crippen LogP contribution in [0.5, 0.6) is 0 Å². The molecule has 1 fully saturated rings. The van der Waals surface area contributed by atoms with Crippen LogP contribution in [-0.2, 0) is 9.59 Å². The molecule has 0 aromatic carbocycles. The Bertz CT molecular complexity index is 369. The first kappa shape index (κ1) is 23.7. The van der Waals surface area contributed by atoms with E-state index in [4.69, 9.17) is 11.5 Å². The number of nitrogens with zero attached hydrogens (tertiary/aromatic N) is 1. The zero-order valence-corrected chi connectivity index (χ0v) is 15.3. The summed E-state index contributed by atoms with van der Waals surface area (Å²) in [6.45, 7) is 2.81. The molecule has 22 heavy (non-hydrogen) atoms. The molecule has 132 valence electrons. The number of amides is 2. The first-order valence-corrected chi connectivity index (χ1v) is 7.26. The predicted molar refractivity (Wildman–Crippen MR) is 93.3 cm³/mol. The van der Waals surface area contributed by atoms with Gasteiger partial charge in [0.25, 0.3) is 0 Å². The van der Waals surface area contributed by atoms with Gasteiger partial charge in [-0.25, -0.2) is 0 Å². The molecule has 3 atom stereocenters. The van der Waals surface area contributed by atoms with Gasteiger partial charge < -0.3 is 21.7 Å². The van der Waals surface area contributed by atoms with E-state index in [9.17, 15) is 9.59 Å². The average molecular weight is 357 g/mol. The van der Waals surface area contributed by atoms with Crippen LogP contribution in [0.1, 0.15) is 39.0 Å². The van der Waals surface area contributed by atoms with Crippen LogP contribution >= 0.6 is 24.8 Å². The number of nitrogens with two attached hydrogens (primary N) is 2. The molecular formula is C14H30Cl2N4O2. The lowest BCUT2D eigenvalue weighted by atomic mass is 9.75. The van der Waals surface area contributed by atoms with Crippen molar-refractivity contribution in [2.24, 2.45) is 17.4 Å². The number of carbonyl (C=O) groups is 2. The maximum atomic E-state index is 11.9. The average Bonchev–Trinajstić information content (AvgIpc) is 2.34. The van der Waals surface area contributed by atoms with Gasteiger partial charge in [-0.05, 0) is 32.9 Å². The van der Waals surface area contributed by atoms with Gasteiger partial charge in [0.1, 0.15) is 0 Å². The number of rotatable bonds is 6. The van der Waals surface area contributed by atoms with Crippen molar-refractivity contribution >= 4 is 36.6 Å². The van der Waals surface area contributed by atoms with Gasteiger partial charge in [0.05, 0.1) is 12.5 Å². The lowest BCUT2D eigenvalue weighted by Crippen LogP contribution is -2.57. The monoisotopic (exact) mass is 356 g/mol. The minimum atomic E-state index is -0.854. The number of primary amides is 1. The van der Waals surface area contributed by atoms with E-state index in [1.165, 1.54) is 12.8 Å². The van der Waals surface area contributed by atoms with Crippen molar-refractivity contribution in [1.82, 2.24) is 10.2 Å². The van der Waals surface area contributed by atoms with Crippen LogP contribution in [0.25, 0.3) is 0 Å². The third kappa shape index (κ3) is 6.69. The summed E-state index contributed by atoms with van der Waals surface area (Å²) in [6, 6.07) is -0.854. The number of hydrogen-bond donors (Lipinski definition) is 3. The molecule has 0 radical (unpaired) electrons. The van der Waals surface area contributed by atoms with E-state index in [2.05, 4.69) is 17.1 Å². The van der Waals surface area contributed by atoms with Gasteiger partial charge in [0.2, 0.25) is 11.8 Å². The fraction of sp³-hybridized carbons (Fsp3) is 0.857. The first-order valence-electron chi connectivity index (χ1n) is 7.26. The third-order valence-corrected chi connectivity index (χ3v) is 4.37. The van der Waals surface area contributed by atoms with Crippen molar-refractivity contribution in [3.8, 4) is 0 Å². The second kappa shape index (κ2) is 10.3. The fourth-order valence-corrected chi connectivity index (χ4v) is 3.05. The van der Waals surface area contributed by atoms with Crippen LogP contribution in [0, 0.1) is 5.92 Å². The zero-order chi connectivity index (χ0) is 15.3. The van der Waals surface area contributed by atoms with Crippen molar-refractivity contribution in [3.63, 3.8) is 0 Å². The van der Waals surface area contributed by atoms with E-state index in [0.717, 1.165) is 12.8 Å². The Balaban J connectivity index is 0. The van der Waals surface area contributed by atoms with E-state index >= 15 is 0 Å². The Morgan fingerprint density at radius 3 is 2.41 bits per heavy atom. The summed E-state index contributed by atoms with van der Waals surface area (Å²) < 4.78 is 0. The van der Waals surface area contributed by atoms with Gasteiger partial charge in [-0.2, -0.15) is 0 Å². The van der Waals surface area contributed by atoms with Crippen molar-refractivity contribution in [1.29, 1.82) is 0 Å². The van der Waals surface area contributed by atoms with Gasteiger partial charge in [-0.3, -0.25) is 9.59 Å². The highest BCUT2D eigenvalue weighted by Crippen LogP contribution is 2.35. The van der Waals surface area contributed by atoms with Crippen LogP contribution in [0.15, 0.2) is 0 Å². The zero-order valence-electron chi connectivity index (χ0n) is 13.6. The van der Waals surface area contributed by atoms with Gasteiger partial charge in [-0.15, -0.1) is 24.8 Å². The summed E-state index contributed by atoms with van der Waals surface area (Å²) in [7, 11) is 4.10. The van der Waals surface area contributed by atoms with E-state index in [-0.39, 0.29) is 42.7 Å². The minimum Gasteiger partial charge on any atom is -0.370 e. The standard InChI is InChI=1S/C14H28N4O2.2ClH/c1-10-5-4-6-14(8-10,18(2)3)9-17-13(20)11(15)7-12(16)19;;/h10-11H,4-9,15H2,1-3H3,(H2,16,19)(H,17,20);2*1H. The molecule has 1 aliphatic rings. The molecule has 0 saturated heterocycles. The van der Waals surface area contributed by atoms with Crippen LogP contribution in [0.3, 0.4) is 0 Å². The largest absolute Gasteiger partial charge is 0.370 e. The van der Waals surface area contributed by atoms with Gasteiger partial charge in [0.15, 0.2) is 0 Å². The van der Waals surface area contributed by atoms with Crippen molar-refractivity contribution in [3.05, 3.63) is 0 Å². The highest BCUT2D eigenvalue weighted by Gasteiger charge is 2.37. The van der Waals surface area contributed by atoms with Crippen LogP contribution in [0.2, 0.25) is 0 Å². The van der Waals surface area contributed by atoms with E-state index in [1.54, 1.807) is 0 Å². The Hall–Kier alpha value is -0.560. The summed E-state index contributed by atoms with van der Waals surface area (Å²) in [5, 5.41) is 2.89. The lowest BCUT2D eigenvalue weighted by molar-refractivity contribution is -0.126. The Morgan fingerprint density at radius 1 is 1.36 bits per heavy atom. The van der Waals surface area contributed by atoms with E-state index in [1.807, 2.05) is 14.1 Å². The molecule has 0 aliphatic heterocycles. The quantitative estimate of drug-likeness (QED) is 0.650. The lowest BCUT2D eigenvalue weighted by Gasteiger charge is -2.45. The molecule has 0 spiro atoms. The number of likely N-dealkylation sites (N-methyl/N-ethyl adjacent to an activating group) is 1. The minimum absolute atomic E-state index is 0. The molecule has 8 heteroatoms. The fourth-order valence-electron chi connectivity index (χ4n) is 3.05. The highest BCUT2D eigenvalue weighted by molar-refractivity contribution is 5.87. The Kier molecular flexibility index (Phi) is 11.1. The van der Waals surface area contributed by atoms with E-state index in [0.29, 0.717) is 12.5 Å². The second-order valence-corrected chi connectivity index (χ2v) is 6.32. The van der Waals surface area contributed by atoms with Crippen LogP contribution in [-0.4, -0.2) is 48.9 Å². The molecule has 2 amide bonds. The maximum Gasteiger partial charge on any atom is 0.237 e. The molecule has 0 heterocycles. The summed E-state index contributed by atoms with van der Waals surface area (Å²) in [5.74, 6) is -0.202. The molecule has 3 unspecified atom stereocenters. The van der Waals surface area contributed by atoms with Crippen molar-refractivity contribution in [2.75, 3.05) is 20.6 Å². The number of nitrogens with one attached hydrogen (secondary N) is 1. The topological polar surface area (TPSA) is 101 Å². The number of carbonyl (C=O) groups excluding carboxylic acids is 2. The SMILES string of the molecule is CC1CCCC(CNC(=O)C(N)CC(N)=O)(N(C)C)C1.Cl.Cl. The molecular weight excluding hydrogens is 327 g/mol. The van der Waals surface area contributed by atoms with Crippen molar-refractivity contribution < 1.29 is 9.59 Å². The number of hydrogen-bond acceptors (Lipinski definition) is 4. The summed E-state index contributed by atoms with van der Waals surface area (Å²) in [6.07, 6.45) is 4.42. The predicted octanol–water partition coefficient (Wildman–Crippen LogP) is 0.659. The Labute approximate surface area is 145 Å². The van der Waals surface area contributed by atoms with Gasteiger partial charge >= 0.3 is 0 Å². The third-order valence-electron chi connectivity index (χ3n) is 4.37. The molecule has 0 bridgehead atoms. The number of halogens is 2. The van der Waals surface area contributed by atoms with Crippen LogP contribution in [0.4, 0.5) is 0 Å². The molecule has 1 aliphatic carbocycles. The molecule has 0 aromatic rings. The highest BCUT2D eigenvalue weighted by atomic mass is 35.5. The van der Waals surface area contributed by atoms with E-state index < -0.39 is 11.9 Å². The first-order chi connectivity index (χ1) is 9.27. The molecule has 6 nitrogen and oxygen atoms in total. The molecule has 1 saturated carbocycles. The molecule has 5 N–H and O–H groups in total. The van der Waals surface area contributed by atoms with Crippen LogP contribution < -0.4 is 16.8 Å². The molecule has 1 rings (SSSR count). The molecule has 0 aromatic heterocycles. The normalized spacial score (nSPS) is 25.6. The summed E-state index contributed by atoms with van der Waals surface area (Å²) >= 11 is 0. The smallest absolute Gasteiger partial charge is 0.237 e. The summed E-state index contributed by atoms with van der Waals surface area (Å²) in [4.78, 5) is 24.9. The summed E-state index contributed by atoms with van der Waals surface area (Å²) in [5.41, 5.74) is 10.7.